The molecule has 0 aromatic rings. The normalized spacial score (nSPS) is 7.00. The first kappa shape index (κ1) is 51.6. The van der Waals surface area contributed by atoms with E-state index in [-0.39, 0.29) is 188 Å². The van der Waals surface area contributed by atoms with Gasteiger partial charge in [-0.2, -0.15) is 0 Å². The van der Waals surface area contributed by atoms with Crippen LogP contribution >= 0.6 is 0 Å². The largest absolute Gasteiger partial charge is 1.00 e. The van der Waals surface area contributed by atoms with E-state index < -0.39 is 0 Å². The molecule has 0 heterocycles. The van der Waals surface area contributed by atoms with Crippen molar-refractivity contribution in [2.45, 2.75) is 79.1 Å². The van der Waals surface area contributed by atoms with Crippen molar-refractivity contribution >= 4 is 0 Å². The Morgan fingerprint density at radius 1 is 0.417 bits per heavy atom. The second-order valence-corrected chi connectivity index (χ2v) is 4.23. The van der Waals surface area contributed by atoms with Gasteiger partial charge < -0.3 is 20.4 Å². The number of unbranched alkanes of at least 4 members (excludes halogenated alkanes) is 4. The monoisotopic (exact) mass is 416 g/mol. The number of rotatable bonds is 8. The third-order valence-electron chi connectivity index (χ3n) is 1.99. The molecule has 0 unspecified atom stereocenters. The van der Waals surface area contributed by atoms with E-state index in [1.807, 2.05) is 27.7 Å². The Balaban J connectivity index is -0.0000000225. The Kier molecular flexibility index (Phi) is 152. The van der Waals surface area contributed by atoms with Crippen LogP contribution in [0.3, 0.4) is 0 Å². The van der Waals surface area contributed by atoms with Crippen molar-refractivity contribution in [1.82, 2.24) is 0 Å². The van der Waals surface area contributed by atoms with E-state index in [1.54, 1.807) is 0 Å². The Labute approximate surface area is 281 Å². The zero-order valence-corrected chi connectivity index (χ0v) is 28.4. The summed E-state index contributed by atoms with van der Waals surface area (Å²) in [6, 6.07) is 0. The summed E-state index contributed by atoms with van der Waals surface area (Å²) in [5, 5.41) is 38.1. The van der Waals surface area contributed by atoms with Gasteiger partial charge in [-0.05, 0) is 0 Å². The van der Waals surface area contributed by atoms with Gasteiger partial charge in [-0.25, -0.2) is 0 Å². The maximum atomic E-state index is 9.53. The second-order valence-electron chi connectivity index (χ2n) is 4.23. The van der Waals surface area contributed by atoms with E-state index >= 15 is 0 Å². The molecular weight excluding hydrogens is 380 g/mol. The molecule has 0 spiro atoms. The molecule has 0 N–H and O–H groups in total. The van der Waals surface area contributed by atoms with Gasteiger partial charge in [0, 0.05) is 0 Å². The SMILES string of the molecule is CCCC[O-].CCCC[O-].CCCC[O-].CCCC[O-].[K+].[K+].[Na+].[Na+]. The van der Waals surface area contributed by atoms with E-state index in [0.29, 0.717) is 0 Å². The van der Waals surface area contributed by atoms with Crippen molar-refractivity contribution < 1.29 is 182 Å². The maximum absolute atomic E-state index is 9.53. The summed E-state index contributed by atoms with van der Waals surface area (Å²) < 4.78 is 0. The molecule has 8 heteroatoms. The van der Waals surface area contributed by atoms with E-state index in [1.165, 1.54) is 0 Å². The number of hydrogen-bond donors (Lipinski definition) is 0. The molecule has 4 nitrogen and oxygen atoms in total. The fourth-order valence-corrected chi connectivity index (χ4v) is 0.577. The predicted octanol–water partition coefficient (Wildman–Crippen LogP) is -11.4. The third kappa shape index (κ3) is 108. The molecule has 0 saturated carbocycles. The van der Waals surface area contributed by atoms with Crippen LogP contribution in [0.25, 0.3) is 0 Å². The summed E-state index contributed by atoms with van der Waals surface area (Å²) in [6.45, 7) is 8.42. The molecule has 0 aliphatic rings. The van der Waals surface area contributed by atoms with Gasteiger partial charge in [0.15, 0.2) is 0 Å². The molecule has 0 aromatic heterocycles. The molecule has 0 rings (SSSR count). The average molecular weight is 417 g/mol. The molecule has 0 aromatic carbocycles. The average Bonchev–Trinajstić information content (AvgIpc) is 2.44. The van der Waals surface area contributed by atoms with Crippen LogP contribution in [0.1, 0.15) is 79.1 Å². The van der Waals surface area contributed by atoms with Gasteiger partial charge in [0.25, 0.3) is 0 Å². The van der Waals surface area contributed by atoms with Gasteiger partial charge in [0.2, 0.25) is 0 Å². The van der Waals surface area contributed by atoms with Crippen molar-refractivity contribution in [3.05, 3.63) is 0 Å². The molecule has 24 heavy (non-hydrogen) atoms. The van der Waals surface area contributed by atoms with Crippen molar-refractivity contribution in [1.29, 1.82) is 0 Å². The third-order valence-corrected chi connectivity index (χ3v) is 1.99. The van der Waals surface area contributed by atoms with Crippen LogP contribution in [0.4, 0.5) is 0 Å². The maximum Gasteiger partial charge on any atom is 1.00 e. The van der Waals surface area contributed by atoms with Crippen LogP contribution in [-0.4, -0.2) is 26.4 Å². The van der Waals surface area contributed by atoms with Gasteiger partial charge in [0.05, 0.1) is 0 Å². The van der Waals surface area contributed by atoms with E-state index in [4.69, 9.17) is 0 Å². The van der Waals surface area contributed by atoms with Crippen LogP contribution in [0.15, 0.2) is 0 Å². The predicted molar refractivity (Wildman–Crippen MR) is 79.1 cm³/mol. The van der Waals surface area contributed by atoms with Crippen LogP contribution in [0.5, 0.6) is 0 Å². The Morgan fingerprint density at radius 2 is 0.542 bits per heavy atom. The van der Waals surface area contributed by atoms with Gasteiger partial charge in [0.1, 0.15) is 0 Å². The topological polar surface area (TPSA) is 92.2 Å². The molecule has 0 aliphatic heterocycles. The summed E-state index contributed by atoms with van der Waals surface area (Å²) in [5.41, 5.74) is 0. The second kappa shape index (κ2) is 70.6. The Hall–Kier alpha value is 5.11. The molecule has 0 amide bonds. The van der Waals surface area contributed by atoms with E-state index in [0.717, 1.165) is 51.4 Å². The van der Waals surface area contributed by atoms with Crippen LogP contribution in [0, 0.1) is 0 Å². The molecule has 0 fully saturated rings. The van der Waals surface area contributed by atoms with Gasteiger partial charge in [-0.15, -0.1) is 26.4 Å². The van der Waals surface area contributed by atoms with E-state index in [2.05, 4.69) is 0 Å². The molecule has 0 bridgehead atoms. The fourth-order valence-electron chi connectivity index (χ4n) is 0.577. The quantitative estimate of drug-likeness (QED) is 0.367. The summed E-state index contributed by atoms with van der Waals surface area (Å²) >= 11 is 0. The van der Waals surface area contributed by atoms with Gasteiger partial charge in [-0.3, -0.25) is 0 Å². The zero-order chi connectivity index (χ0) is 16.5. The van der Waals surface area contributed by atoms with Crippen molar-refractivity contribution in [2.75, 3.05) is 26.4 Å². The molecule has 0 radical (unpaired) electrons. The minimum atomic E-state index is 0. The smallest absolute Gasteiger partial charge is 0.854 e. The first-order valence-electron chi connectivity index (χ1n) is 7.98. The number of hydrogen-bond acceptors (Lipinski definition) is 4. The van der Waals surface area contributed by atoms with Crippen LogP contribution in [-0.2, 0) is 0 Å². The van der Waals surface area contributed by atoms with Crippen molar-refractivity contribution in [3.8, 4) is 0 Å². The molecule has 0 atom stereocenters. The molecule has 0 aliphatic carbocycles. The summed E-state index contributed by atoms with van der Waals surface area (Å²) in [6.07, 6.45) is 7.46. The standard InChI is InChI=1S/4C4H9O.2K.2Na/c4*1-2-3-4-5;;;;/h4*2-4H2,1H3;;;;/q4*-1;4*+1. The van der Waals surface area contributed by atoms with Gasteiger partial charge >= 0.3 is 162 Å². The molecule has 128 valence electrons. The fraction of sp³-hybridized carbons (Fsp3) is 1.00. The van der Waals surface area contributed by atoms with E-state index in [9.17, 15) is 20.4 Å². The molecular formula is C16H36K2Na2O4. The van der Waals surface area contributed by atoms with Crippen LogP contribution in [0.2, 0.25) is 0 Å². The minimum Gasteiger partial charge on any atom is -0.854 e. The summed E-state index contributed by atoms with van der Waals surface area (Å²) in [5.74, 6) is 0. The van der Waals surface area contributed by atoms with Gasteiger partial charge in [-0.1, -0.05) is 79.1 Å². The summed E-state index contributed by atoms with van der Waals surface area (Å²) in [4.78, 5) is 0. The van der Waals surface area contributed by atoms with Crippen molar-refractivity contribution in [2.24, 2.45) is 0 Å². The Morgan fingerprint density at radius 3 is 0.542 bits per heavy atom. The molecule has 0 saturated heterocycles. The van der Waals surface area contributed by atoms with Crippen molar-refractivity contribution in [3.63, 3.8) is 0 Å². The zero-order valence-electron chi connectivity index (χ0n) is 18.1. The Bertz CT molecular complexity index is 88.1. The minimum absolute atomic E-state index is 0. The first-order chi connectivity index (χ1) is 9.66. The van der Waals surface area contributed by atoms with Crippen LogP contribution < -0.4 is 182 Å². The summed E-state index contributed by atoms with van der Waals surface area (Å²) in [7, 11) is 0. The first-order valence-corrected chi connectivity index (χ1v) is 7.98.